The largest absolute Gasteiger partial charge is 0.386 e. The molecule has 0 saturated heterocycles. The molecule has 1 aromatic rings. The van der Waals surface area contributed by atoms with E-state index >= 15 is 0 Å². The first-order chi connectivity index (χ1) is 6.36. The van der Waals surface area contributed by atoms with Gasteiger partial charge in [0.05, 0.1) is 11.1 Å². The van der Waals surface area contributed by atoms with E-state index in [-0.39, 0.29) is 10.7 Å². The molecular weight excluding hydrogens is 228 g/mol. The summed E-state index contributed by atoms with van der Waals surface area (Å²) in [7, 11) is -4.39. The number of nitrogens with zero attached hydrogens (tertiary/aromatic N) is 2. The zero-order valence-electron chi connectivity index (χ0n) is 7.10. The molecule has 5 nitrogen and oxygen atoms in total. The molecule has 14 heavy (non-hydrogen) atoms. The van der Waals surface area contributed by atoms with Gasteiger partial charge in [-0.15, -0.1) is 0 Å². The van der Waals surface area contributed by atoms with Crippen LogP contribution in [0.25, 0.3) is 4.98 Å². The maximum Gasteiger partial charge on any atom is 0.386 e. The van der Waals surface area contributed by atoms with Crippen molar-refractivity contribution < 1.29 is 13.0 Å². The average Bonchev–Trinajstić information content (AvgIpc) is 2.07. The van der Waals surface area contributed by atoms with Crippen LogP contribution in [0.4, 0.5) is 5.69 Å². The minimum Gasteiger partial charge on any atom is -0.282 e. The fraction of sp³-hybridized carbons (Fsp3) is 0.143. The number of halogens is 1. The molecule has 0 radical (unpaired) electrons. The second kappa shape index (κ2) is 3.53. The first kappa shape index (κ1) is 10.9. The third-order valence-electron chi connectivity index (χ3n) is 1.60. The first-order valence-corrected chi connectivity index (χ1v) is 5.31. The van der Waals surface area contributed by atoms with Crippen LogP contribution in [0.15, 0.2) is 17.0 Å². The van der Waals surface area contributed by atoms with Gasteiger partial charge in [-0.1, -0.05) is 11.6 Å². The van der Waals surface area contributed by atoms with E-state index < -0.39 is 15.0 Å². The van der Waals surface area contributed by atoms with Crippen molar-refractivity contribution in [3.05, 3.63) is 27.7 Å². The SMILES string of the molecule is Cc1cc([N+]#N)cc(S(=O)(=O)O)c1Cl. The van der Waals surface area contributed by atoms with Crippen LogP contribution in [0.5, 0.6) is 0 Å². The molecule has 0 aliphatic carbocycles. The van der Waals surface area contributed by atoms with Crippen LogP contribution in [-0.4, -0.2) is 13.0 Å². The highest BCUT2D eigenvalue weighted by Gasteiger charge is 2.21. The molecule has 7 heteroatoms. The van der Waals surface area contributed by atoms with Gasteiger partial charge in [0.15, 0.2) is 4.98 Å². The van der Waals surface area contributed by atoms with Gasteiger partial charge in [-0.05, 0) is 12.5 Å². The molecule has 1 N–H and O–H groups in total. The third-order valence-corrected chi connectivity index (χ3v) is 3.09. The van der Waals surface area contributed by atoms with E-state index in [0.717, 1.165) is 6.07 Å². The van der Waals surface area contributed by atoms with Crippen LogP contribution in [0.3, 0.4) is 0 Å². The fourth-order valence-electron chi connectivity index (χ4n) is 0.964. The highest BCUT2D eigenvalue weighted by atomic mass is 35.5. The standard InChI is InChI=1S/C7H5ClN2O3S/c1-4-2-5(10-9)3-6(7(4)8)14(11,12)13/h2-3H,1H3/p+1. The Labute approximate surface area is 85.7 Å². The predicted octanol–water partition coefficient (Wildman–Crippen LogP) is 2.38. The number of diazo groups is 1. The van der Waals surface area contributed by atoms with Crippen LogP contribution in [0, 0.1) is 12.3 Å². The minimum atomic E-state index is -4.39. The van der Waals surface area contributed by atoms with E-state index in [1.165, 1.54) is 13.0 Å². The molecule has 1 rings (SSSR count). The zero-order chi connectivity index (χ0) is 10.9. The van der Waals surface area contributed by atoms with Gasteiger partial charge in [-0.3, -0.25) is 4.55 Å². The highest BCUT2D eigenvalue weighted by Crippen LogP contribution is 2.29. The minimum absolute atomic E-state index is 0.0134. The summed E-state index contributed by atoms with van der Waals surface area (Å²) in [5, 5.41) is 8.37. The average molecular weight is 234 g/mol. The van der Waals surface area contributed by atoms with Crippen molar-refractivity contribution in [1.82, 2.24) is 0 Å². The molecule has 0 fully saturated rings. The Balaban J connectivity index is 3.61. The van der Waals surface area contributed by atoms with Gasteiger partial charge in [-0.25, -0.2) is 0 Å². The van der Waals surface area contributed by atoms with Crippen molar-refractivity contribution >= 4 is 27.4 Å². The molecule has 0 aliphatic rings. The summed E-state index contributed by atoms with van der Waals surface area (Å²) in [6, 6.07) is 2.36. The summed E-state index contributed by atoms with van der Waals surface area (Å²) in [6.07, 6.45) is 0. The summed E-state index contributed by atoms with van der Waals surface area (Å²) in [5.74, 6) is 0. The maximum absolute atomic E-state index is 10.8. The normalized spacial score (nSPS) is 11.0. The van der Waals surface area contributed by atoms with Crippen molar-refractivity contribution in [2.45, 2.75) is 11.8 Å². The molecule has 74 valence electrons. The fourth-order valence-corrected chi connectivity index (χ4v) is 2.02. The van der Waals surface area contributed by atoms with Crippen LogP contribution in [0.1, 0.15) is 5.56 Å². The molecular formula is C7H6ClN2O3S+. The van der Waals surface area contributed by atoms with Gasteiger partial charge in [0.2, 0.25) is 5.39 Å². The summed E-state index contributed by atoms with van der Waals surface area (Å²) < 4.78 is 30.4. The topological polar surface area (TPSA) is 82.5 Å². The van der Waals surface area contributed by atoms with Crippen LogP contribution >= 0.6 is 11.6 Å². The molecule has 0 atom stereocenters. The van der Waals surface area contributed by atoms with E-state index in [9.17, 15) is 8.42 Å². The third kappa shape index (κ3) is 2.01. The van der Waals surface area contributed by atoms with Crippen molar-refractivity contribution in [2.24, 2.45) is 0 Å². The zero-order valence-corrected chi connectivity index (χ0v) is 8.67. The van der Waals surface area contributed by atoms with Crippen molar-refractivity contribution in [1.29, 1.82) is 5.39 Å². The van der Waals surface area contributed by atoms with Gasteiger partial charge >= 0.3 is 5.69 Å². The Morgan fingerprint density at radius 2 is 2.07 bits per heavy atom. The second-order valence-electron chi connectivity index (χ2n) is 2.65. The smallest absolute Gasteiger partial charge is 0.282 e. The van der Waals surface area contributed by atoms with Gasteiger partial charge in [0, 0.05) is 6.07 Å². The second-order valence-corrected chi connectivity index (χ2v) is 4.42. The maximum atomic E-state index is 10.8. The molecule has 0 spiro atoms. The van der Waals surface area contributed by atoms with Gasteiger partial charge in [-0.2, -0.15) is 8.42 Å². The summed E-state index contributed by atoms with van der Waals surface area (Å²) in [6.45, 7) is 1.53. The lowest BCUT2D eigenvalue weighted by atomic mass is 10.2. The van der Waals surface area contributed by atoms with Gasteiger partial charge < -0.3 is 0 Å². The Hall–Kier alpha value is -1.16. The molecule has 0 saturated carbocycles. The first-order valence-electron chi connectivity index (χ1n) is 3.49. The van der Waals surface area contributed by atoms with E-state index in [1.807, 2.05) is 0 Å². The van der Waals surface area contributed by atoms with Crippen molar-refractivity contribution in [2.75, 3.05) is 0 Å². The quantitative estimate of drug-likeness (QED) is 0.596. The molecule has 0 aromatic heterocycles. The summed E-state index contributed by atoms with van der Waals surface area (Å²) in [5.41, 5.74) is 0.411. The van der Waals surface area contributed by atoms with E-state index in [4.69, 9.17) is 21.5 Å². The molecule has 0 heterocycles. The monoisotopic (exact) mass is 233 g/mol. The summed E-state index contributed by atoms with van der Waals surface area (Å²) >= 11 is 5.64. The van der Waals surface area contributed by atoms with Crippen LogP contribution < -0.4 is 0 Å². The van der Waals surface area contributed by atoms with Crippen LogP contribution in [0.2, 0.25) is 5.02 Å². The highest BCUT2D eigenvalue weighted by molar-refractivity contribution is 7.86. The Morgan fingerprint density at radius 3 is 2.50 bits per heavy atom. The van der Waals surface area contributed by atoms with Gasteiger partial charge in [0.1, 0.15) is 4.90 Å². The lowest BCUT2D eigenvalue weighted by Gasteiger charge is -2.00. The molecule has 0 amide bonds. The number of aryl methyl sites for hydroxylation is 1. The van der Waals surface area contributed by atoms with Crippen molar-refractivity contribution in [3.8, 4) is 0 Å². The Bertz CT molecular complexity index is 518. The number of benzene rings is 1. The number of hydrogen-bond acceptors (Lipinski definition) is 3. The lowest BCUT2D eigenvalue weighted by Crippen LogP contribution is -1.99. The van der Waals surface area contributed by atoms with E-state index in [0.29, 0.717) is 5.56 Å². The predicted molar refractivity (Wildman–Crippen MR) is 50.7 cm³/mol. The molecule has 0 bridgehead atoms. The van der Waals surface area contributed by atoms with Crippen molar-refractivity contribution in [3.63, 3.8) is 0 Å². The summed E-state index contributed by atoms with van der Waals surface area (Å²) in [4.78, 5) is 2.35. The molecule has 0 aliphatic heterocycles. The Kier molecular flexibility index (Phi) is 2.76. The van der Waals surface area contributed by atoms with E-state index in [2.05, 4.69) is 4.98 Å². The molecule has 0 unspecified atom stereocenters. The van der Waals surface area contributed by atoms with Gasteiger partial charge in [0.25, 0.3) is 10.1 Å². The van der Waals surface area contributed by atoms with Crippen LogP contribution in [-0.2, 0) is 10.1 Å². The Morgan fingerprint density at radius 1 is 1.50 bits per heavy atom. The number of hydrogen-bond donors (Lipinski definition) is 1. The van der Waals surface area contributed by atoms with E-state index in [1.54, 1.807) is 0 Å². The lowest BCUT2D eigenvalue weighted by molar-refractivity contribution is 0.483. The molecule has 1 aromatic carbocycles. The number of rotatable bonds is 1.